The van der Waals surface area contributed by atoms with E-state index in [2.05, 4.69) is 6.07 Å². The number of anilines is 1. The van der Waals surface area contributed by atoms with E-state index in [-0.39, 0.29) is 6.09 Å². The number of benzene rings is 1. The zero-order valence-electron chi connectivity index (χ0n) is 14.6. The highest BCUT2D eigenvalue weighted by Gasteiger charge is 2.27. The molecule has 0 unspecified atom stereocenters. The zero-order valence-corrected chi connectivity index (χ0v) is 14.6. The van der Waals surface area contributed by atoms with E-state index in [0.29, 0.717) is 25.6 Å². The van der Waals surface area contributed by atoms with E-state index in [1.807, 2.05) is 39.8 Å². The van der Waals surface area contributed by atoms with Crippen LogP contribution >= 0.6 is 0 Å². The molecule has 23 heavy (non-hydrogen) atoms. The molecular weight excluding hydrogens is 292 g/mol. The van der Waals surface area contributed by atoms with E-state index >= 15 is 0 Å². The summed E-state index contributed by atoms with van der Waals surface area (Å²) in [4.78, 5) is 13.9. The zero-order chi connectivity index (χ0) is 17.0. The SMILES string of the molecule is CCOc1cc(N)cc(C2CCN(C(=O)OC(C)(C)C)CC2)c1. The molecule has 1 aliphatic heterocycles. The molecule has 5 nitrogen and oxygen atoms in total. The first kappa shape index (κ1) is 17.4. The maximum Gasteiger partial charge on any atom is 0.410 e. The predicted octanol–water partition coefficient (Wildman–Crippen LogP) is 3.78. The fourth-order valence-electron chi connectivity index (χ4n) is 2.85. The number of rotatable bonds is 3. The average Bonchev–Trinajstić information content (AvgIpc) is 2.45. The Morgan fingerprint density at radius 2 is 1.91 bits per heavy atom. The fraction of sp³-hybridized carbons (Fsp3) is 0.611. The molecule has 1 amide bonds. The monoisotopic (exact) mass is 320 g/mol. The summed E-state index contributed by atoms with van der Waals surface area (Å²) in [5.41, 5.74) is 7.44. The molecule has 1 saturated heterocycles. The molecule has 1 aromatic carbocycles. The van der Waals surface area contributed by atoms with Crippen molar-refractivity contribution in [2.24, 2.45) is 0 Å². The average molecular weight is 320 g/mol. The molecule has 5 heteroatoms. The Morgan fingerprint density at radius 1 is 1.26 bits per heavy atom. The van der Waals surface area contributed by atoms with Crippen molar-refractivity contribution in [2.75, 3.05) is 25.4 Å². The first-order valence-corrected chi connectivity index (χ1v) is 8.29. The molecule has 0 bridgehead atoms. The van der Waals surface area contributed by atoms with Crippen molar-refractivity contribution in [1.29, 1.82) is 0 Å². The number of carbonyl (C=O) groups is 1. The van der Waals surface area contributed by atoms with Crippen molar-refractivity contribution in [3.05, 3.63) is 23.8 Å². The number of hydrogen-bond donors (Lipinski definition) is 1. The van der Waals surface area contributed by atoms with Gasteiger partial charge >= 0.3 is 6.09 Å². The summed E-state index contributed by atoms with van der Waals surface area (Å²) in [7, 11) is 0. The highest BCUT2D eigenvalue weighted by atomic mass is 16.6. The van der Waals surface area contributed by atoms with E-state index in [4.69, 9.17) is 15.2 Å². The second-order valence-corrected chi connectivity index (χ2v) is 7.01. The van der Waals surface area contributed by atoms with Crippen LogP contribution in [0.4, 0.5) is 10.5 Å². The lowest BCUT2D eigenvalue weighted by Crippen LogP contribution is -2.41. The number of piperidine rings is 1. The van der Waals surface area contributed by atoms with Gasteiger partial charge in [-0.3, -0.25) is 0 Å². The van der Waals surface area contributed by atoms with Crippen LogP contribution in [0.2, 0.25) is 0 Å². The molecule has 1 heterocycles. The van der Waals surface area contributed by atoms with Crippen molar-refractivity contribution < 1.29 is 14.3 Å². The first-order valence-electron chi connectivity index (χ1n) is 8.29. The van der Waals surface area contributed by atoms with Crippen molar-refractivity contribution in [3.63, 3.8) is 0 Å². The minimum absolute atomic E-state index is 0.224. The molecule has 2 N–H and O–H groups in total. The third-order valence-electron chi connectivity index (χ3n) is 3.88. The molecule has 0 aliphatic carbocycles. The van der Waals surface area contributed by atoms with Gasteiger partial charge in [0.2, 0.25) is 0 Å². The molecule has 128 valence electrons. The molecule has 0 aromatic heterocycles. The molecular formula is C18H28N2O3. The summed E-state index contributed by atoms with van der Waals surface area (Å²) in [6.45, 7) is 9.66. The van der Waals surface area contributed by atoms with E-state index < -0.39 is 5.60 Å². The van der Waals surface area contributed by atoms with Gasteiger partial charge in [-0.1, -0.05) is 0 Å². The third-order valence-corrected chi connectivity index (χ3v) is 3.88. The van der Waals surface area contributed by atoms with Crippen LogP contribution in [-0.4, -0.2) is 36.3 Å². The van der Waals surface area contributed by atoms with Gasteiger partial charge in [-0.25, -0.2) is 4.79 Å². The predicted molar refractivity (Wildman–Crippen MR) is 91.8 cm³/mol. The van der Waals surface area contributed by atoms with Crippen LogP contribution in [0.5, 0.6) is 5.75 Å². The summed E-state index contributed by atoms with van der Waals surface area (Å²) >= 11 is 0. The van der Waals surface area contributed by atoms with Gasteiger partial charge in [0.15, 0.2) is 0 Å². The van der Waals surface area contributed by atoms with Crippen LogP contribution < -0.4 is 10.5 Å². The van der Waals surface area contributed by atoms with Crippen molar-refractivity contribution >= 4 is 11.8 Å². The van der Waals surface area contributed by atoms with Gasteiger partial charge in [0, 0.05) is 24.8 Å². The first-order chi connectivity index (χ1) is 10.8. The molecule has 0 radical (unpaired) electrons. The van der Waals surface area contributed by atoms with Crippen LogP contribution in [0.25, 0.3) is 0 Å². The van der Waals surface area contributed by atoms with E-state index in [9.17, 15) is 4.79 Å². The Hall–Kier alpha value is -1.91. The lowest BCUT2D eigenvalue weighted by atomic mass is 9.89. The molecule has 2 rings (SSSR count). The standard InChI is InChI=1S/C18H28N2O3/c1-5-22-16-11-14(10-15(19)12-16)13-6-8-20(9-7-13)17(21)23-18(2,3)4/h10-13H,5-9,19H2,1-4H3. The van der Waals surface area contributed by atoms with E-state index in [1.165, 1.54) is 5.56 Å². The van der Waals surface area contributed by atoms with E-state index in [1.54, 1.807) is 4.90 Å². The number of hydrogen-bond acceptors (Lipinski definition) is 4. The van der Waals surface area contributed by atoms with Crippen LogP contribution in [0.3, 0.4) is 0 Å². The van der Waals surface area contributed by atoms with Crippen LogP contribution in [0, 0.1) is 0 Å². The summed E-state index contributed by atoms with van der Waals surface area (Å²) in [6.07, 6.45) is 1.60. The number of carbonyl (C=O) groups excluding carboxylic acids is 1. The molecule has 1 fully saturated rings. The van der Waals surface area contributed by atoms with Gasteiger partial charge < -0.3 is 20.1 Å². The summed E-state index contributed by atoms with van der Waals surface area (Å²) in [5, 5.41) is 0. The van der Waals surface area contributed by atoms with Crippen LogP contribution in [-0.2, 0) is 4.74 Å². The maximum atomic E-state index is 12.1. The minimum atomic E-state index is -0.450. The van der Waals surface area contributed by atoms with Crippen LogP contribution in [0.15, 0.2) is 18.2 Å². The number of nitrogen functional groups attached to an aromatic ring is 1. The lowest BCUT2D eigenvalue weighted by Gasteiger charge is -2.33. The second-order valence-electron chi connectivity index (χ2n) is 7.01. The summed E-state index contributed by atoms with van der Waals surface area (Å²) in [5.74, 6) is 1.22. The van der Waals surface area contributed by atoms with Gasteiger partial charge in [0.25, 0.3) is 0 Å². The smallest absolute Gasteiger partial charge is 0.410 e. The number of likely N-dealkylation sites (tertiary alicyclic amines) is 1. The van der Waals surface area contributed by atoms with Crippen molar-refractivity contribution in [3.8, 4) is 5.75 Å². The Morgan fingerprint density at radius 3 is 2.48 bits per heavy atom. The normalized spacial score (nSPS) is 16.3. The Labute approximate surface area is 138 Å². The second kappa shape index (κ2) is 7.11. The van der Waals surface area contributed by atoms with Gasteiger partial charge in [-0.15, -0.1) is 0 Å². The van der Waals surface area contributed by atoms with Gasteiger partial charge in [-0.05, 0) is 64.2 Å². The summed E-state index contributed by atoms with van der Waals surface area (Å²) < 4.78 is 11.0. The third kappa shape index (κ3) is 5.05. The molecule has 1 aliphatic rings. The van der Waals surface area contributed by atoms with Gasteiger partial charge in [-0.2, -0.15) is 0 Å². The topological polar surface area (TPSA) is 64.8 Å². The maximum absolute atomic E-state index is 12.1. The van der Waals surface area contributed by atoms with Crippen molar-refractivity contribution in [2.45, 2.75) is 52.1 Å². The van der Waals surface area contributed by atoms with Crippen LogP contribution in [0.1, 0.15) is 52.0 Å². The highest BCUT2D eigenvalue weighted by Crippen LogP contribution is 2.32. The fourth-order valence-corrected chi connectivity index (χ4v) is 2.85. The number of nitrogens with two attached hydrogens (primary N) is 1. The van der Waals surface area contributed by atoms with Crippen molar-refractivity contribution in [1.82, 2.24) is 4.90 Å². The Bertz CT molecular complexity index is 544. The minimum Gasteiger partial charge on any atom is -0.494 e. The molecule has 0 spiro atoms. The van der Waals surface area contributed by atoms with E-state index in [0.717, 1.165) is 24.3 Å². The lowest BCUT2D eigenvalue weighted by molar-refractivity contribution is 0.0205. The summed E-state index contributed by atoms with van der Waals surface area (Å²) in [6, 6.07) is 5.92. The Kier molecular flexibility index (Phi) is 5.39. The molecule has 0 saturated carbocycles. The molecule has 0 atom stereocenters. The largest absolute Gasteiger partial charge is 0.494 e. The van der Waals surface area contributed by atoms with Gasteiger partial charge in [0.1, 0.15) is 11.4 Å². The number of amides is 1. The highest BCUT2D eigenvalue weighted by molar-refractivity contribution is 5.68. The Balaban J connectivity index is 1.98. The van der Waals surface area contributed by atoms with Gasteiger partial charge in [0.05, 0.1) is 6.61 Å². The number of ether oxygens (including phenoxy) is 2. The number of nitrogens with zero attached hydrogens (tertiary/aromatic N) is 1. The molecule has 1 aromatic rings. The quantitative estimate of drug-likeness (QED) is 0.861.